The normalized spacial score (nSPS) is 20.0. The lowest BCUT2D eigenvalue weighted by molar-refractivity contribution is -0.127. The van der Waals surface area contributed by atoms with E-state index >= 15 is 0 Å². The molecule has 0 aliphatic carbocycles. The predicted molar refractivity (Wildman–Crippen MR) is 67.7 cm³/mol. The van der Waals surface area contributed by atoms with E-state index in [0.717, 1.165) is 4.47 Å². The molecule has 2 amide bonds. The van der Waals surface area contributed by atoms with Crippen LogP contribution in [0.25, 0.3) is 0 Å². The molecule has 0 spiro atoms. The van der Waals surface area contributed by atoms with Gasteiger partial charge in [-0.05, 0) is 25.1 Å². The number of nitrogens with zero attached hydrogens (tertiary/aromatic N) is 1. The molecule has 0 aromatic heterocycles. The molecule has 1 aliphatic heterocycles. The minimum Gasteiger partial charge on any atom is -0.353 e. The van der Waals surface area contributed by atoms with Gasteiger partial charge in [0.05, 0.1) is 0 Å². The third-order valence-electron chi connectivity index (χ3n) is 2.83. The van der Waals surface area contributed by atoms with Crippen LogP contribution in [0.15, 0.2) is 28.7 Å². The Labute approximate surface area is 108 Å². The minimum absolute atomic E-state index is 0.0976. The van der Waals surface area contributed by atoms with Crippen molar-refractivity contribution in [1.29, 1.82) is 0 Å². The molecule has 1 heterocycles. The topological polar surface area (TPSA) is 49.4 Å². The second kappa shape index (κ2) is 4.87. The number of carbonyl (C=O) groups excluding carboxylic acids is 2. The molecule has 1 aromatic rings. The molecule has 1 atom stereocenters. The van der Waals surface area contributed by atoms with Crippen LogP contribution in [0.5, 0.6) is 0 Å². The molecule has 1 unspecified atom stereocenters. The fourth-order valence-electron chi connectivity index (χ4n) is 1.85. The third kappa shape index (κ3) is 2.49. The van der Waals surface area contributed by atoms with Crippen LogP contribution in [0.1, 0.15) is 17.3 Å². The molecule has 90 valence electrons. The number of benzene rings is 1. The maximum Gasteiger partial charge on any atom is 0.254 e. The van der Waals surface area contributed by atoms with Gasteiger partial charge in [0, 0.05) is 23.1 Å². The van der Waals surface area contributed by atoms with Crippen LogP contribution in [0.4, 0.5) is 0 Å². The van der Waals surface area contributed by atoms with Gasteiger partial charge in [-0.15, -0.1) is 0 Å². The summed E-state index contributed by atoms with van der Waals surface area (Å²) in [5.74, 6) is -0.201. The Kier molecular flexibility index (Phi) is 3.47. The zero-order chi connectivity index (χ0) is 12.4. The first kappa shape index (κ1) is 12.1. The molecule has 0 saturated carbocycles. The second-order valence-corrected chi connectivity index (χ2v) is 4.89. The van der Waals surface area contributed by atoms with Crippen molar-refractivity contribution in [3.05, 3.63) is 34.3 Å². The van der Waals surface area contributed by atoms with Gasteiger partial charge in [-0.2, -0.15) is 0 Å². The van der Waals surface area contributed by atoms with E-state index < -0.39 is 6.04 Å². The first-order valence-corrected chi connectivity index (χ1v) is 6.23. The van der Waals surface area contributed by atoms with E-state index in [1.165, 1.54) is 0 Å². The Balaban J connectivity index is 2.22. The summed E-state index contributed by atoms with van der Waals surface area (Å²) in [5, 5.41) is 2.74. The number of hydrogen-bond donors (Lipinski definition) is 1. The van der Waals surface area contributed by atoms with E-state index in [1.54, 1.807) is 24.0 Å². The number of nitrogens with one attached hydrogen (secondary N) is 1. The summed E-state index contributed by atoms with van der Waals surface area (Å²) < 4.78 is 0.859. The molecule has 2 rings (SSSR count). The van der Waals surface area contributed by atoms with Gasteiger partial charge in [0.2, 0.25) is 5.91 Å². The number of rotatable bonds is 1. The predicted octanol–water partition coefficient (Wildman–Crippen LogP) is 1.41. The highest BCUT2D eigenvalue weighted by Crippen LogP contribution is 2.15. The molecule has 0 radical (unpaired) electrons. The van der Waals surface area contributed by atoms with E-state index in [1.807, 2.05) is 12.1 Å². The first-order chi connectivity index (χ1) is 8.09. The van der Waals surface area contributed by atoms with Crippen molar-refractivity contribution in [1.82, 2.24) is 10.2 Å². The molecule has 1 saturated heterocycles. The maximum atomic E-state index is 12.2. The highest BCUT2D eigenvalue weighted by atomic mass is 79.9. The van der Waals surface area contributed by atoms with Gasteiger partial charge >= 0.3 is 0 Å². The van der Waals surface area contributed by atoms with E-state index in [9.17, 15) is 9.59 Å². The van der Waals surface area contributed by atoms with Gasteiger partial charge in [0.1, 0.15) is 6.04 Å². The molecular weight excluding hydrogens is 284 g/mol. The average Bonchev–Trinajstić information content (AvgIpc) is 2.32. The molecule has 17 heavy (non-hydrogen) atoms. The second-order valence-electron chi connectivity index (χ2n) is 3.98. The Hall–Kier alpha value is -1.36. The molecule has 5 heteroatoms. The van der Waals surface area contributed by atoms with Crippen LogP contribution in [-0.4, -0.2) is 35.8 Å². The Bertz CT molecular complexity index is 462. The SMILES string of the molecule is CC1C(=O)NCCN1C(=O)c1cccc(Br)c1. The molecular formula is C12H13BrN2O2. The van der Waals surface area contributed by atoms with Crippen molar-refractivity contribution in [2.24, 2.45) is 0 Å². The minimum atomic E-state index is -0.407. The molecule has 1 aromatic carbocycles. The van der Waals surface area contributed by atoms with Crippen molar-refractivity contribution in [3.8, 4) is 0 Å². The van der Waals surface area contributed by atoms with Gasteiger partial charge in [-0.3, -0.25) is 9.59 Å². The summed E-state index contributed by atoms with van der Waals surface area (Å²) in [5.41, 5.74) is 0.598. The molecule has 1 fully saturated rings. The Morgan fingerprint density at radius 1 is 1.53 bits per heavy atom. The van der Waals surface area contributed by atoms with Crippen LogP contribution >= 0.6 is 15.9 Å². The number of carbonyl (C=O) groups is 2. The zero-order valence-electron chi connectivity index (χ0n) is 9.44. The number of halogens is 1. The summed E-state index contributed by atoms with van der Waals surface area (Å²) in [6.07, 6.45) is 0. The lowest BCUT2D eigenvalue weighted by Crippen LogP contribution is -2.55. The first-order valence-electron chi connectivity index (χ1n) is 5.44. The van der Waals surface area contributed by atoms with E-state index in [0.29, 0.717) is 18.7 Å². The molecule has 4 nitrogen and oxygen atoms in total. The maximum absolute atomic E-state index is 12.2. The molecule has 1 aliphatic rings. The number of hydrogen-bond acceptors (Lipinski definition) is 2. The van der Waals surface area contributed by atoms with Gasteiger partial charge < -0.3 is 10.2 Å². The molecule has 1 N–H and O–H groups in total. The summed E-state index contributed by atoms with van der Waals surface area (Å²) in [4.78, 5) is 25.3. The Morgan fingerprint density at radius 3 is 3.00 bits per heavy atom. The number of amides is 2. The highest BCUT2D eigenvalue weighted by Gasteiger charge is 2.29. The van der Waals surface area contributed by atoms with Crippen molar-refractivity contribution in [2.75, 3.05) is 13.1 Å². The van der Waals surface area contributed by atoms with Gasteiger partial charge in [-0.1, -0.05) is 22.0 Å². The monoisotopic (exact) mass is 296 g/mol. The smallest absolute Gasteiger partial charge is 0.254 e. The Morgan fingerprint density at radius 2 is 2.29 bits per heavy atom. The summed E-state index contributed by atoms with van der Waals surface area (Å²) in [6, 6.07) is 6.79. The fourth-order valence-corrected chi connectivity index (χ4v) is 2.25. The van der Waals surface area contributed by atoms with Crippen molar-refractivity contribution >= 4 is 27.7 Å². The van der Waals surface area contributed by atoms with Crippen molar-refractivity contribution < 1.29 is 9.59 Å². The third-order valence-corrected chi connectivity index (χ3v) is 3.32. The van der Waals surface area contributed by atoms with Gasteiger partial charge in [0.25, 0.3) is 5.91 Å². The average molecular weight is 297 g/mol. The van der Waals surface area contributed by atoms with Crippen LogP contribution in [-0.2, 0) is 4.79 Å². The van der Waals surface area contributed by atoms with Crippen LogP contribution in [0.3, 0.4) is 0 Å². The van der Waals surface area contributed by atoms with Crippen molar-refractivity contribution in [3.63, 3.8) is 0 Å². The fraction of sp³-hybridized carbons (Fsp3) is 0.333. The summed E-state index contributed by atoms with van der Waals surface area (Å²) >= 11 is 3.33. The van der Waals surface area contributed by atoms with Gasteiger partial charge in [-0.25, -0.2) is 0 Å². The van der Waals surface area contributed by atoms with Crippen molar-refractivity contribution in [2.45, 2.75) is 13.0 Å². The van der Waals surface area contributed by atoms with E-state index in [2.05, 4.69) is 21.2 Å². The van der Waals surface area contributed by atoms with Crippen LogP contribution in [0.2, 0.25) is 0 Å². The number of piperazine rings is 1. The summed E-state index contributed by atoms with van der Waals surface area (Å²) in [6.45, 7) is 2.81. The summed E-state index contributed by atoms with van der Waals surface area (Å²) in [7, 11) is 0. The van der Waals surface area contributed by atoms with Crippen LogP contribution < -0.4 is 5.32 Å². The molecule has 0 bridgehead atoms. The van der Waals surface area contributed by atoms with Gasteiger partial charge in [0.15, 0.2) is 0 Å². The standard InChI is InChI=1S/C12H13BrN2O2/c1-8-11(16)14-5-6-15(8)12(17)9-3-2-4-10(13)7-9/h2-4,7-8H,5-6H2,1H3,(H,14,16). The van der Waals surface area contributed by atoms with E-state index in [-0.39, 0.29) is 11.8 Å². The lowest BCUT2D eigenvalue weighted by Gasteiger charge is -2.32. The highest BCUT2D eigenvalue weighted by molar-refractivity contribution is 9.10. The van der Waals surface area contributed by atoms with E-state index in [4.69, 9.17) is 0 Å². The van der Waals surface area contributed by atoms with Crippen LogP contribution in [0, 0.1) is 0 Å². The largest absolute Gasteiger partial charge is 0.353 e. The lowest BCUT2D eigenvalue weighted by atomic mass is 10.1. The quantitative estimate of drug-likeness (QED) is 0.852. The zero-order valence-corrected chi connectivity index (χ0v) is 11.0.